The lowest BCUT2D eigenvalue weighted by molar-refractivity contribution is -0.122. The Hall–Kier alpha value is -3.45. The van der Waals surface area contributed by atoms with Crippen molar-refractivity contribution < 1.29 is 4.79 Å². The number of hydrogen-bond donors (Lipinski definition) is 0. The number of fused-ring (bicyclic) bond motifs is 2. The molecule has 1 fully saturated rings. The number of anilines is 2. The minimum Gasteiger partial charge on any atom is -0.353 e. The van der Waals surface area contributed by atoms with E-state index in [9.17, 15) is 4.79 Å². The Morgan fingerprint density at radius 1 is 0.971 bits per heavy atom. The largest absolute Gasteiger partial charge is 0.353 e. The first-order chi connectivity index (χ1) is 17.0. The molecule has 0 unspecified atom stereocenters. The van der Waals surface area contributed by atoms with E-state index >= 15 is 0 Å². The van der Waals surface area contributed by atoms with Crippen molar-refractivity contribution in [3.05, 3.63) is 70.5 Å². The summed E-state index contributed by atoms with van der Waals surface area (Å²) in [5, 5.41) is 15.7. The van der Waals surface area contributed by atoms with E-state index in [1.165, 1.54) is 5.56 Å². The van der Waals surface area contributed by atoms with Gasteiger partial charge in [0.2, 0.25) is 5.91 Å². The summed E-state index contributed by atoms with van der Waals surface area (Å²) in [4.78, 5) is 17.6. The van der Waals surface area contributed by atoms with Crippen molar-refractivity contribution in [2.45, 2.75) is 33.1 Å². The second-order valence-corrected chi connectivity index (χ2v) is 9.87. The van der Waals surface area contributed by atoms with Crippen LogP contribution < -0.4 is 9.80 Å². The first kappa shape index (κ1) is 22.0. The van der Waals surface area contributed by atoms with E-state index in [0.29, 0.717) is 5.02 Å². The number of benzene rings is 2. The summed E-state index contributed by atoms with van der Waals surface area (Å²) >= 11 is 6.09. The average molecular weight is 487 g/mol. The van der Waals surface area contributed by atoms with Crippen LogP contribution in [0.1, 0.15) is 29.8 Å². The van der Waals surface area contributed by atoms with Gasteiger partial charge in [-0.3, -0.25) is 4.79 Å². The van der Waals surface area contributed by atoms with E-state index < -0.39 is 0 Å². The second kappa shape index (κ2) is 8.64. The maximum absolute atomic E-state index is 13.3. The molecule has 0 saturated carbocycles. The van der Waals surface area contributed by atoms with Gasteiger partial charge in [0.15, 0.2) is 5.82 Å². The highest BCUT2D eigenvalue weighted by Crippen LogP contribution is 2.34. The van der Waals surface area contributed by atoms with Gasteiger partial charge >= 0.3 is 0 Å². The molecule has 2 aliphatic rings. The van der Waals surface area contributed by atoms with Crippen molar-refractivity contribution in [3.63, 3.8) is 0 Å². The monoisotopic (exact) mass is 486 g/mol. The number of hydrogen-bond acceptors (Lipinski definition) is 5. The molecular formula is C27H27ClN6O. The SMILES string of the molecule is Cc1nnc(N2CCC(C(=O)N3CCc4ccccc43)CC2)c2nn(-c3ccc(Cl)cc3)c(C)c12. The molecule has 0 N–H and O–H groups in total. The molecule has 0 radical (unpaired) electrons. The Labute approximate surface area is 209 Å². The molecule has 0 atom stereocenters. The predicted octanol–water partition coefficient (Wildman–Crippen LogP) is 4.89. The molecule has 0 spiro atoms. The third-order valence-corrected chi connectivity index (χ3v) is 7.60. The van der Waals surface area contributed by atoms with Crippen LogP contribution in [0.5, 0.6) is 0 Å². The number of nitrogens with zero attached hydrogens (tertiary/aromatic N) is 6. The Kier molecular flexibility index (Phi) is 5.44. The average Bonchev–Trinajstić information content (AvgIpc) is 3.47. The quantitative estimate of drug-likeness (QED) is 0.412. The van der Waals surface area contributed by atoms with Gasteiger partial charge in [-0.2, -0.15) is 10.2 Å². The van der Waals surface area contributed by atoms with Gasteiger partial charge in [-0.1, -0.05) is 29.8 Å². The second-order valence-electron chi connectivity index (χ2n) is 9.44. The summed E-state index contributed by atoms with van der Waals surface area (Å²) in [6.07, 6.45) is 2.53. The maximum Gasteiger partial charge on any atom is 0.230 e. The van der Waals surface area contributed by atoms with Crippen molar-refractivity contribution >= 4 is 39.9 Å². The Bertz CT molecular complexity index is 1420. The third kappa shape index (κ3) is 3.74. The zero-order valence-corrected chi connectivity index (χ0v) is 20.7. The number of carbonyl (C=O) groups excluding carboxylic acids is 1. The molecule has 7 nitrogen and oxygen atoms in total. The minimum atomic E-state index is 0.0275. The van der Waals surface area contributed by atoms with E-state index in [4.69, 9.17) is 16.7 Å². The predicted molar refractivity (Wildman–Crippen MR) is 139 cm³/mol. The number of aryl methyl sites for hydroxylation is 2. The highest BCUT2D eigenvalue weighted by Gasteiger charge is 2.33. The van der Waals surface area contributed by atoms with Crippen LogP contribution in [0, 0.1) is 19.8 Å². The Morgan fingerprint density at radius 3 is 2.49 bits per heavy atom. The van der Waals surface area contributed by atoms with Gasteiger partial charge < -0.3 is 9.80 Å². The van der Waals surface area contributed by atoms with Crippen LogP contribution in [0.15, 0.2) is 48.5 Å². The van der Waals surface area contributed by atoms with Crippen LogP contribution in [0.3, 0.4) is 0 Å². The smallest absolute Gasteiger partial charge is 0.230 e. The number of para-hydroxylation sites is 1. The van der Waals surface area contributed by atoms with Crippen LogP contribution in [-0.2, 0) is 11.2 Å². The zero-order chi connectivity index (χ0) is 24.1. The zero-order valence-electron chi connectivity index (χ0n) is 19.9. The lowest BCUT2D eigenvalue weighted by Crippen LogP contribution is -2.42. The molecule has 0 aliphatic carbocycles. The molecule has 1 amide bonds. The Morgan fingerprint density at radius 2 is 1.71 bits per heavy atom. The fourth-order valence-electron chi connectivity index (χ4n) is 5.48. The molecular weight excluding hydrogens is 460 g/mol. The molecule has 178 valence electrons. The number of aromatic nitrogens is 4. The van der Waals surface area contributed by atoms with Gasteiger partial charge in [-0.15, -0.1) is 5.10 Å². The standard InChI is InChI=1S/C27H27ClN6O/c1-17-24-18(2)34(22-9-7-21(28)8-10-22)31-25(24)26(30-29-17)32-14-11-20(12-15-32)27(35)33-16-13-19-5-3-4-6-23(19)33/h3-10,20H,11-16H2,1-2H3. The van der Waals surface area contributed by atoms with Crippen molar-refractivity contribution in [3.8, 4) is 5.69 Å². The normalized spacial score (nSPS) is 16.2. The molecule has 2 aromatic carbocycles. The minimum absolute atomic E-state index is 0.0275. The first-order valence-corrected chi connectivity index (χ1v) is 12.5. The van der Waals surface area contributed by atoms with E-state index in [1.54, 1.807) is 0 Å². The van der Waals surface area contributed by atoms with E-state index in [0.717, 1.165) is 78.4 Å². The maximum atomic E-state index is 13.3. The molecule has 6 rings (SSSR count). The number of amides is 1. The summed E-state index contributed by atoms with van der Waals surface area (Å²) in [6, 6.07) is 15.9. The third-order valence-electron chi connectivity index (χ3n) is 7.35. The lowest BCUT2D eigenvalue weighted by atomic mass is 9.95. The molecule has 2 aromatic heterocycles. The molecule has 35 heavy (non-hydrogen) atoms. The molecule has 4 heterocycles. The van der Waals surface area contributed by atoms with Gasteiger partial charge in [-0.25, -0.2) is 4.68 Å². The first-order valence-electron chi connectivity index (χ1n) is 12.1. The number of halogens is 1. The molecule has 0 bridgehead atoms. The van der Waals surface area contributed by atoms with Gasteiger partial charge in [0.25, 0.3) is 0 Å². The Balaban J connectivity index is 1.25. The highest BCUT2D eigenvalue weighted by molar-refractivity contribution is 6.30. The van der Waals surface area contributed by atoms with Crippen LogP contribution in [0.25, 0.3) is 16.6 Å². The van der Waals surface area contributed by atoms with Gasteiger partial charge in [0.1, 0.15) is 5.52 Å². The van der Waals surface area contributed by atoms with Gasteiger partial charge in [0, 0.05) is 36.3 Å². The lowest BCUT2D eigenvalue weighted by Gasteiger charge is -2.33. The van der Waals surface area contributed by atoms with Crippen molar-refractivity contribution in [2.75, 3.05) is 29.4 Å². The van der Waals surface area contributed by atoms with Gasteiger partial charge in [-0.05, 0) is 69.0 Å². The summed E-state index contributed by atoms with van der Waals surface area (Å²) < 4.78 is 1.93. The van der Waals surface area contributed by atoms with Crippen LogP contribution in [0.4, 0.5) is 11.5 Å². The number of piperidine rings is 1. The summed E-state index contributed by atoms with van der Waals surface area (Å²) in [6.45, 7) is 6.32. The van der Waals surface area contributed by atoms with E-state index in [1.807, 2.05) is 52.9 Å². The fourth-order valence-corrected chi connectivity index (χ4v) is 5.61. The summed E-state index contributed by atoms with van der Waals surface area (Å²) in [5.74, 6) is 1.07. The van der Waals surface area contributed by atoms with Gasteiger partial charge in [0.05, 0.1) is 22.5 Å². The molecule has 8 heteroatoms. The summed E-state index contributed by atoms with van der Waals surface area (Å²) in [7, 11) is 0. The summed E-state index contributed by atoms with van der Waals surface area (Å²) in [5.41, 5.74) is 6.02. The van der Waals surface area contributed by atoms with Crippen LogP contribution >= 0.6 is 11.6 Å². The topological polar surface area (TPSA) is 67.2 Å². The van der Waals surface area contributed by atoms with Crippen LogP contribution in [-0.4, -0.2) is 45.5 Å². The fraction of sp³-hybridized carbons (Fsp3) is 0.333. The highest BCUT2D eigenvalue weighted by atomic mass is 35.5. The molecule has 1 saturated heterocycles. The molecule has 2 aliphatic heterocycles. The number of rotatable bonds is 3. The number of carbonyl (C=O) groups is 1. The van der Waals surface area contributed by atoms with Crippen LogP contribution in [0.2, 0.25) is 5.02 Å². The van der Waals surface area contributed by atoms with Crippen molar-refractivity contribution in [1.29, 1.82) is 0 Å². The van der Waals surface area contributed by atoms with E-state index in [-0.39, 0.29) is 11.8 Å². The van der Waals surface area contributed by atoms with E-state index in [2.05, 4.69) is 34.2 Å². The van der Waals surface area contributed by atoms with Crippen molar-refractivity contribution in [1.82, 2.24) is 20.0 Å². The molecule has 4 aromatic rings. The van der Waals surface area contributed by atoms with Crippen molar-refractivity contribution in [2.24, 2.45) is 5.92 Å².